The maximum Gasteiger partial charge on any atom is 0.0859 e. The molecular weight excluding hydrogens is 2120 g/mol. The number of hydrogen-bond donors (Lipinski definition) is 0. The Morgan fingerprint density at radius 3 is 1.04 bits per heavy atom. The van der Waals surface area contributed by atoms with Crippen LogP contribution in [0.3, 0.4) is 0 Å². The van der Waals surface area contributed by atoms with Crippen molar-refractivity contribution < 1.29 is 81.4 Å². The normalized spacial score (nSPS) is 14.8. The van der Waals surface area contributed by atoms with Crippen LogP contribution >= 0.6 is 0 Å². The van der Waals surface area contributed by atoms with Crippen molar-refractivity contribution in [3.05, 3.63) is 327 Å². The minimum atomic E-state index is -1.32. The summed E-state index contributed by atoms with van der Waals surface area (Å²) < 4.78 is 0. The van der Waals surface area contributed by atoms with Crippen molar-refractivity contribution in [3.8, 4) is 78.7 Å². The van der Waals surface area contributed by atoms with Crippen LogP contribution in [0.25, 0.3) is 78.7 Å². The summed E-state index contributed by atoms with van der Waals surface area (Å²) in [5.74, 6) is 0.688. The van der Waals surface area contributed by atoms with Crippen molar-refractivity contribution >= 4 is 53.0 Å². The predicted octanol–water partition coefficient (Wildman–Crippen LogP) is 22.4. The Balaban J connectivity index is 0.000000167. The van der Waals surface area contributed by atoms with Gasteiger partial charge in [-0.3, -0.25) is 0 Å². The molecule has 0 bridgehead atoms. The first kappa shape index (κ1) is 88.5. The van der Waals surface area contributed by atoms with E-state index in [4.69, 9.17) is 15.0 Å². The largest absolute Gasteiger partial charge is 0.305 e. The number of pyridine rings is 6. The van der Waals surface area contributed by atoms with Gasteiger partial charge in [0.15, 0.2) is 0 Å². The van der Waals surface area contributed by atoms with Crippen LogP contribution in [0.1, 0.15) is 69.9 Å². The fraction of sp³-hybridized carbons (Fsp3) is 0.250. The maximum atomic E-state index is 4.81. The molecule has 0 saturated carbocycles. The number of aromatic nitrogens is 6. The summed E-state index contributed by atoms with van der Waals surface area (Å²) in [6.45, 7) is 17.0. The van der Waals surface area contributed by atoms with Gasteiger partial charge in [-0.2, -0.15) is 0 Å². The minimum Gasteiger partial charge on any atom is -0.305 e. The minimum absolute atomic E-state index is 0. The SMILES string of the molecule is CC(C)Cc1cc(-c2[c-]cccc2)ncc1[Si]1(C)CCCC1.C[Si]1(c2cc(-c3[c-]cccc3)ncc2-c2ccccc2)CCC1.C[Si]1(c2ccc(-c3[c-]cccc3)nc2)CCCC1.Cc1cc(-c2[c-]cccc2)ncc1[Si]1(C)CCCC1.[Ir].[Ir].[Ir].[Pt].[c-]1ccccc1-c1ccccn1.[c-]1ccccc1-c1ccccn1. The van der Waals surface area contributed by atoms with E-state index in [0.717, 1.165) is 67.5 Å². The molecule has 0 aliphatic carbocycles. The molecule has 0 N–H and O–H groups in total. The first-order valence-corrected chi connectivity index (χ1v) is 50.0. The zero-order valence-corrected chi connectivity index (χ0v) is 77.9. The maximum absolute atomic E-state index is 4.81. The first-order valence-electron chi connectivity index (χ1n) is 38.4. The predicted molar refractivity (Wildman–Crippen MR) is 456 cm³/mol. The van der Waals surface area contributed by atoms with Crippen molar-refractivity contribution in [2.75, 3.05) is 0 Å². The molecule has 3 radical (unpaired) electrons. The topological polar surface area (TPSA) is 77.3 Å². The molecule has 7 aromatic carbocycles. The van der Waals surface area contributed by atoms with Gasteiger partial charge in [-0.25, -0.2) is 0 Å². The summed E-state index contributed by atoms with van der Waals surface area (Å²) in [7, 11) is -4.95. The Hall–Kier alpha value is -7.06. The van der Waals surface area contributed by atoms with E-state index in [0.29, 0.717) is 5.92 Å². The van der Waals surface area contributed by atoms with Crippen molar-refractivity contribution in [3.63, 3.8) is 0 Å². The molecule has 4 saturated heterocycles. The smallest absolute Gasteiger partial charge is 0.0859 e. The van der Waals surface area contributed by atoms with Gasteiger partial charge in [0, 0.05) is 119 Å². The third-order valence-electron chi connectivity index (χ3n) is 21.9. The van der Waals surface area contributed by atoms with E-state index in [1.54, 1.807) is 33.5 Å². The zero-order chi connectivity index (χ0) is 73.5. The van der Waals surface area contributed by atoms with Gasteiger partial charge in [-0.05, 0) is 92.2 Å². The molecule has 573 valence electrons. The Bertz CT molecular complexity index is 4650. The fourth-order valence-corrected chi connectivity index (χ4v) is 31.1. The van der Waals surface area contributed by atoms with E-state index in [9.17, 15) is 0 Å². The number of hydrogen-bond acceptors (Lipinski definition) is 6. The standard InChI is InChI=1S/C21H20NSi.C20H26NSi.C17H20NSi.C16H18NSi.2C11H8N.3Ir.Pt/c1-23(13-8-14-23)21-15-20(18-11-6-3-7-12-18)22-16-19(21)17-9-4-2-5-10-17;1-16(2)13-18-14-19(17-9-5-4-6-10-17)21-15-20(18)22(3)11-7-8-12-22;1-14-12-16(15-8-4-3-5-9-15)18-13-17(14)19(2)10-6-7-11-19;1-18(11-5-6-12-18)15-9-10-16(17-13-15)14-7-3-2-4-8-14;2*1-2-6-10(7-3-1)11-8-4-5-9-12-11;;;;/h2-7,9-11,15-16H,8,13-14H2,1H3;4-6,9,14-16H,7-8,11-13H2,1-3H3;3-5,8,12-13H,6-7,10-11H2,1-2H3;2-4,7,9-10,13H,5-6,11-12H2,1H3;2*1-6,8-9H;;;;/q6*-1;;;;. The molecule has 10 heterocycles. The van der Waals surface area contributed by atoms with Gasteiger partial charge < -0.3 is 29.9 Å². The van der Waals surface area contributed by atoms with Crippen LogP contribution in [0.2, 0.25) is 74.5 Å². The number of rotatable bonds is 13. The molecule has 110 heavy (non-hydrogen) atoms. The van der Waals surface area contributed by atoms with Crippen LogP contribution in [0.15, 0.2) is 280 Å². The van der Waals surface area contributed by atoms with Crippen LogP contribution in [0.5, 0.6) is 0 Å². The Morgan fingerprint density at radius 2 is 0.664 bits per heavy atom. The zero-order valence-electron chi connectivity index (χ0n) is 64.4. The van der Waals surface area contributed by atoms with Gasteiger partial charge in [0.25, 0.3) is 0 Å². The molecule has 0 amide bonds. The van der Waals surface area contributed by atoms with Gasteiger partial charge in [0.1, 0.15) is 0 Å². The van der Waals surface area contributed by atoms with Crippen molar-refractivity contribution in [1.82, 2.24) is 29.9 Å². The molecule has 6 aromatic heterocycles. The fourth-order valence-electron chi connectivity index (χ4n) is 15.6. The van der Waals surface area contributed by atoms with E-state index in [1.807, 2.05) is 146 Å². The average molecular weight is 2220 g/mol. The van der Waals surface area contributed by atoms with Crippen molar-refractivity contribution in [2.24, 2.45) is 5.92 Å². The molecule has 17 rings (SSSR count). The van der Waals surface area contributed by atoms with Crippen LogP contribution in [0, 0.1) is 49.2 Å². The van der Waals surface area contributed by atoms with E-state index >= 15 is 0 Å². The molecule has 4 aliphatic heterocycles. The van der Waals surface area contributed by atoms with Crippen molar-refractivity contribution in [2.45, 2.75) is 147 Å². The quantitative estimate of drug-likeness (QED) is 0.0846. The third kappa shape index (κ3) is 24.0. The molecule has 0 atom stereocenters. The molecule has 0 unspecified atom stereocenters. The summed E-state index contributed by atoms with van der Waals surface area (Å²) in [5, 5.41) is 6.29. The van der Waals surface area contributed by atoms with Crippen LogP contribution in [0.4, 0.5) is 0 Å². The molecule has 14 heteroatoms. The summed E-state index contributed by atoms with van der Waals surface area (Å²) in [6.07, 6.45) is 23.2. The van der Waals surface area contributed by atoms with Gasteiger partial charge in [-0.15, -0.1) is 215 Å². The summed E-state index contributed by atoms with van der Waals surface area (Å²) in [4.78, 5) is 27.3. The molecule has 4 fully saturated rings. The first-order chi connectivity index (χ1) is 51.7. The van der Waals surface area contributed by atoms with Crippen LogP contribution in [-0.4, -0.2) is 62.2 Å². The summed E-state index contributed by atoms with van der Waals surface area (Å²) in [5.41, 5.74) is 18.2. The number of nitrogens with zero attached hydrogens (tertiary/aromatic N) is 6. The van der Waals surface area contributed by atoms with Crippen LogP contribution < -0.4 is 20.7 Å². The van der Waals surface area contributed by atoms with Gasteiger partial charge in [-0.1, -0.05) is 235 Å². The van der Waals surface area contributed by atoms with E-state index < -0.39 is 32.3 Å². The number of aryl methyl sites for hydroxylation is 1. The molecule has 0 spiro atoms. The monoisotopic (exact) mass is 2220 g/mol. The van der Waals surface area contributed by atoms with Gasteiger partial charge in [0.05, 0.1) is 32.3 Å². The molecule has 13 aromatic rings. The molecule has 4 aliphatic rings. The second-order valence-electron chi connectivity index (χ2n) is 30.4. The summed E-state index contributed by atoms with van der Waals surface area (Å²) in [6, 6.07) is 113. The Kier molecular flexibility index (Phi) is 35.3. The molecular formula is C96H100Ir3N6PtSi4-6. The van der Waals surface area contributed by atoms with E-state index in [1.165, 1.54) is 122 Å². The van der Waals surface area contributed by atoms with Crippen LogP contribution in [-0.2, 0) is 87.8 Å². The van der Waals surface area contributed by atoms with Crippen molar-refractivity contribution in [1.29, 1.82) is 0 Å². The van der Waals surface area contributed by atoms with E-state index in [2.05, 4.69) is 220 Å². The molecule has 6 nitrogen and oxygen atoms in total. The number of benzene rings is 7. The second kappa shape index (κ2) is 43.8. The Morgan fingerprint density at radius 1 is 0.318 bits per heavy atom. The van der Waals surface area contributed by atoms with E-state index in [-0.39, 0.29) is 81.4 Å². The average Bonchev–Trinajstić information content (AvgIpc) is 1.24. The van der Waals surface area contributed by atoms with Gasteiger partial charge >= 0.3 is 0 Å². The Labute approximate surface area is 716 Å². The van der Waals surface area contributed by atoms with Gasteiger partial charge in [0.2, 0.25) is 0 Å². The third-order valence-corrected chi connectivity index (χ3v) is 40.6. The second-order valence-corrected chi connectivity index (χ2v) is 49.1. The summed E-state index contributed by atoms with van der Waals surface area (Å²) >= 11 is 0.